The highest BCUT2D eigenvalue weighted by Crippen LogP contribution is 2.23. The van der Waals surface area contributed by atoms with Gasteiger partial charge >= 0.3 is 6.03 Å². The van der Waals surface area contributed by atoms with Gasteiger partial charge in [0.15, 0.2) is 0 Å². The molecule has 0 bridgehead atoms. The van der Waals surface area contributed by atoms with Crippen LogP contribution in [0.15, 0.2) is 29.4 Å². The van der Waals surface area contributed by atoms with E-state index in [-0.39, 0.29) is 5.75 Å². The van der Waals surface area contributed by atoms with Crippen LogP contribution >= 0.6 is 11.8 Å². The third kappa shape index (κ3) is 3.73. The quantitative estimate of drug-likeness (QED) is 0.692. The molecule has 0 aliphatic carbocycles. The smallest absolute Gasteiger partial charge is 0.321 e. The van der Waals surface area contributed by atoms with Crippen molar-refractivity contribution in [3.05, 3.63) is 24.3 Å². The zero-order chi connectivity index (χ0) is 16.1. The minimum atomic E-state index is -0.574. The Morgan fingerprint density at radius 1 is 1.32 bits per heavy atom. The van der Waals surface area contributed by atoms with Crippen LogP contribution in [-0.2, 0) is 4.79 Å². The Morgan fingerprint density at radius 3 is 2.64 bits per heavy atom. The summed E-state index contributed by atoms with van der Waals surface area (Å²) in [5, 5.41) is 24.9. The van der Waals surface area contributed by atoms with Gasteiger partial charge in [-0.05, 0) is 41.6 Å². The second kappa shape index (κ2) is 6.89. The summed E-state index contributed by atoms with van der Waals surface area (Å²) in [6.07, 6.45) is 0. The van der Waals surface area contributed by atoms with Gasteiger partial charge in [-0.15, -0.1) is 5.10 Å². The molecule has 22 heavy (non-hydrogen) atoms. The number of imide groups is 1. The molecule has 1 atom stereocenters. The van der Waals surface area contributed by atoms with Crippen molar-refractivity contribution >= 4 is 23.7 Å². The van der Waals surface area contributed by atoms with Gasteiger partial charge in [-0.3, -0.25) is 10.1 Å². The lowest BCUT2D eigenvalue weighted by Crippen LogP contribution is -2.41. The predicted molar refractivity (Wildman–Crippen MR) is 78.7 cm³/mol. The van der Waals surface area contributed by atoms with Crippen LogP contribution in [0.2, 0.25) is 0 Å². The molecule has 0 unspecified atom stereocenters. The van der Waals surface area contributed by atoms with E-state index >= 15 is 0 Å². The number of benzene rings is 1. The predicted octanol–water partition coefficient (Wildman–Crippen LogP) is 0.304. The first-order chi connectivity index (χ1) is 10.5. The molecule has 2 rings (SSSR count). The van der Waals surface area contributed by atoms with E-state index in [4.69, 9.17) is 0 Å². The Hall–Kier alpha value is -2.62. The lowest BCUT2D eigenvalue weighted by Gasteiger charge is -2.10. The number of thioether (sulfide) groups is 1. The van der Waals surface area contributed by atoms with Crippen molar-refractivity contribution in [3.63, 3.8) is 0 Å². The van der Waals surface area contributed by atoms with E-state index in [1.165, 1.54) is 23.9 Å². The Balaban J connectivity index is 2.11. The summed E-state index contributed by atoms with van der Waals surface area (Å²) in [5.74, 6) is -0.325. The molecule has 3 amide bonds. The fraction of sp³-hybridized carbons (Fsp3) is 0.250. The molecule has 1 aromatic heterocycles. The lowest BCUT2D eigenvalue weighted by atomic mass is 10.3. The SMILES string of the molecule is CNC(=O)NC(=O)[C@@H](C)Sc1nnnn1-c1ccc(O)cc1. The average molecular weight is 322 g/mol. The Bertz CT molecular complexity index is 672. The third-order valence-corrected chi connectivity index (χ3v) is 3.68. The molecule has 0 fully saturated rings. The monoisotopic (exact) mass is 322 g/mol. The number of carbonyl (C=O) groups is 2. The second-order valence-corrected chi connectivity index (χ2v) is 5.53. The molecule has 0 spiro atoms. The van der Waals surface area contributed by atoms with Crippen LogP contribution in [0.5, 0.6) is 5.75 Å². The molecule has 0 aliphatic rings. The van der Waals surface area contributed by atoms with Crippen LogP contribution in [0.25, 0.3) is 5.69 Å². The molecule has 3 N–H and O–H groups in total. The highest BCUT2D eigenvalue weighted by Gasteiger charge is 2.20. The number of nitrogens with one attached hydrogen (secondary N) is 2. The first-order valence-corrected chi connectivity index (χ1v) is 7.16. The summed E-state index contributed by atoms with van der Waals surface area (Å²) in [6.45, 7) is 1.64. The maximum absolute atomic E-state index is 11.8. The fourth-order valence-corrected chi connectivity index (χ4v) is 2.30. The van der Waals surface area contributed by atoms with Crippen LogP contribution in [-0.4, -0.2) is 49.5 Å². The van der Waals surface area contributed by atoms with Gasteiger partial charge in [-0.25, -0.2) is 4.79 Å². The Labute approximate surface area is 130 Å². The number of amides is 3. The summed E-state index contributed by atoms with van der Waals surface area (Å²) in [5.41, 5.74) is 0.643. The van der Waals surface area contributed by atoms with Gasteiger partial charge in [-0.2, -0.15) is 4.68 Å². The molecular formula is C12H14N6O3S. The van der Waals surface area contributed by atoms with E-state index in [1.54, 1.807) is 19.1 Å². The van der Waals surface area contributed by atoms with Crippen molar-refractivity contribution < 1.29 is 14.7 Å². The minimum absolute atomic E-state index is 0.129. The number of rotatable bonds is 4. The van der Waals surface area contributed by atoms with Crippen LogP contribution in [0.1, 0.15) is 6.92 Å². The van der Waals surface area contributed by atoms with Gasteiger partial charge in [0.1, 0.15) is 5.75 Å². The van der Waals surface area contributed by atoms with Crippen molar-refractivity contribution in [3.8, 4) is 11.4 Å². The molecule has 10 heteroatoms. The lowest BCUT2D eigenvalue weighted by molar-refractivity contribution is -0.119. The van der Waals surface area contributed by atoms with Crippen LogP contribution in [0, 0.1) is 0 Å². The topological polar surface area (TPSA) is 122 Å². The fourth-order valence-electron chi connectivity index (χ4n) is 1.50. The number of hydrogen-bond acceptors (Lipinski definition) is 7. The van der Waals surface area contributed by atoms with Crippen molar-refractivity contribution in [2.75, 3.05) is 7.05 Å². The molecule has 116 valence electrons. The summed E-state index contributed by atoms with van der Waals surface area (Å²) < 4.78 is 1.44. The van der Waals surface area contributed by atoms with E-state index in [2.05, 4.69) is 26.2 Å². The first kappa shape index (κ1) is 15.8. The van der Waals surface area contributed by atoms with Gasteiger partial charge < -0.3 is 10.4 Å². The summed E-state index contributed by atoms with van der Waals surface area (Å²) in [6, 6.07) is 5.73. The van der Waals surface area contributed by atoms with E-state index in [0.717, 1.165) is 11.8 Å². The standard InChI is InChI=1S/C12H14N6O3S/c1-7(10(20)14-11(21)13-2)22-12-15-16-17-18(12)8-3-5-9(19)6-4-8/h3-7,19H,1-2H3,(H2,13,14,20,21)/t7-/m1/s1. The van der Waals surface area contributed by atoms with Crippen molar-refractivity contribution in [1.82, 2.24) is 30.8 Å². The van der Waals surface area contributed by atoms with Crippen molar-refractivity contribution in [2.45, 2.75) is 17.3 Å². The van der Waals surface area contributed by atoms with Crippen molar-refractivity contribution in [1.29, 1.82) is 0 Å². The van der Waals surface area contributed by atoms with Gasteiger partial charge in [0, 0.05) is 7.05 Å². The highest BCUT2D eigenvalue weighted by molar-refractivity contribution is 8.00. The number of phenols is 1. The number of tetrazole rings is 1. The number of hydrogen-bond donors (Lipinski definition) is 3. The summed E-state index contributed by atoms with van der Waals surface area (Å²) in [7, 11) is 1.42. The molecule has 0 radical (unpaired) electrons. The Morgan fingerprint density at radius 2 is 2.00 bits per heavy atom. The summed E-state index contributed by atoms with van der Waals surface area (Å²) in [4.78, 5) is 23.0. The largest absolute Gasteiger partial charge is 0.508 e. The number of carbonyl (C=O) groups excluding carboxylic acids is 2. The first-order valence-electron chi connectivity index (χ1n) is 6.28. The van der Waals surface area contributed by atoms with Gasteiger partial charge in [0.25, 0.3) is 0 Å². The number of aromatic nitrogens is 4. The maximum Gasteiger partial charge on any atom is 0.321 e. The zero-order valence-corrected chi connectivity index (χ0v) is 12.7. The maximum atomic E-state index is 11.8. The normalized spacial score (nSPS) is 11.7. The van der Waals surface area contributed by atoms with Crippen LogP contribution in [0.4, 0.5) is 4.79 Å². The minimum Gasteiger partial charge on any atom is -0.508 e. The molecule has 1 aromatic carbocycles. The highest BCUT2D eigenvalue weighted by atomic mass is 32.2. The van der Waals surface area contributed by atoms with E-state index in [1.807, 2.05) is 0 Å². The molecule has 0 aliphatic heterocycles. The molecule has 9 nitrogen and oxygen atoms in total. The van der Waals surface area contributed by atoms with Gasteiger partial charge in [0.2, 0.25) is 11.1 Å². The zero-order valence-electron chi connectivity index (χ0n) is 11.8. The number of aromatic hydroxyl groups is 1. The van der Waals surface area contributed by atoms with E-state index < -0.39 is 17.2 Å². The average Bonchev–Trinajstić information content (AvgIpc) is 2.95. The molecule has 0 saturated carbocycles. The molecular weight excluding hydrogens is 308 g/mol. The van der Waals surface area contributed by atoms with Gasteiger partial charge in [0.05, 0.1) is 10.9 Å². The van der Waals surface area contributed by atoms with E-state index in [9.17, 15) is 14.7 Å². The van der Waals surface area contributed by atoms with Crippen molar-refractivity contribution in [2.24, 2.45) is 0 Å². The second-order valence-electron chi connectivity index (χ2n) is 4.22. The molecule has 0 saturated heterocycles. The number of nitrogens with zero attached hydrogens (tertiary/aromatic N) is 4. The molecule has 1 heterocycles. The molecule has 2 aromatic rings. The third-order valence-electron chi connectivity index (χ3n) is 2.65. The Kier molecular flexibility index (Phi) is 4.94. The van der Waals surface area contributed by atoms with Crippen LogP contribution < -0.4 is 10.6 Å². The van der Waals surface area contributed by atoms with Gasteiger partial charge in [-0.1, -0.05) is 11.8 Å². The number of phenolic OH excluding ortho intramolecular Hbond substituents is 1. The van der Waals surface area contributed by atoms with Crippen LogP contribution in [0.3, 0.4) is 0 Å². The van der Waals surface area contributed by atoms with E-state index in [0.29, 0.717) is 10.8 Å². The summed E-state index contributed by atoms with van der Waals surface area (Å²) >= 11 is 1.11. The number of urea groups is 1.